The Labute approximate surface area is 214 Å². The number of nitrogens with one attached hydrogen (secondary N) is 1. The quantitative estimate of drug-likeness (QED) is 0.359. The van der Waals surface area contributed by atoms with Gasteiger partial charge in [-0.2, -0.15) is 0 Å². The first-order valence-electron chi connectivity index (χ1n) is 12.1. The molecule has 3 heterocycles. The summed E-state index contributed by atoms with van der Waals surface area (Å²) in [7, 11) is 0. The van der Waals surface area contributed by atoms with Crippen LogP contribution < -0.4 is 19.7 Å². The number of aryl methyl sites for hydroxylation is 2. The van der Waals surface area contributed by atoms with Crippen LogP contribution in [-0.2, 0) is 24.2 Å². The van der Waals surface area contributed by atoms with E-state index in [1.54, 1.807) is 0 Å². The van der Waals surface area contributed by atoms with E-state index in [1.807, 2.05) is 18.2 Å². The fraction of sp³-hybridized carbons (Fsp3) is 0.241. The Hall–Kier alpha value is -3.84. The van der Waals surface area contributed by atoms with Crippen LogP contribution in [-0.4, -0.2) is 24.2 Å². The van der Waals surface area contributed by atoms with Crippen molar-refractivity contribution >= 4 is 28.1 Å². The molecule has 1 N–H and O–H groups in total. The first-order valence-corrected chi connectivity index (χ1v) is 12.9. The van der Waals surface area contributed by atoms with E-state index in [-0.39, 0.29) is 19.1 Å². The summed E-state index contributed by atoms with van der Waals surface area (Å²) < 4.78 is 10.8. The molecule has 1 aromatic heterocycles. The summed E-state index contributed by atoms with van der Waals surface area (Å²) in [5, 5.41) is 3.59. The third kappa shape index (κ3) is 4.54. The second-order valence-corrected chi connectivity index (χ2v) is 10.5. The van der Waals surface area contributed by atoms with E-state index in [4.69, 9.17) is 14.5 Å². The topological polar surface area (TPSA) is 63.7 Å². The summed E-state index contributed by atoms with van der Waals surface area (Å²) in [5.74, 6) is 1.29. The molecule has 0 spiro atoms. The molecule has 182 valence electrons. The number of anilines is 2. The lowest BCUT2D eigenvalue weighted by Crippen LogP contribution is -2.19. The zero-order valence-electron chi connectivity index (χ0n) is 20.3. The Morgan fingerprint density at radius 3 is 2.67 bits per heavy atom. The lowest BCUT2D eigenvalue weighted by Gasteiger charge is -2.20. The molecule has 0 bridgehead atoms. The molecule has 0 fully saturated rings. The van der Waals surface area contributed by atoms with Crippen molar-refractivity contribution in [3.05, 3.63) is 87.8 Å². The zero-order valence-corrected chi connectivity index (χ0v) is 21.2. The molecule has 0 saturated heterocycles. The van der Waals surface area contributed by atoms with Gasteiger partial charge in [-0.1, -0.05) is 42.0 Å². The van der Waals surface area contributed by atoms with Gasteiger partial charge in [-0.15, -0.1) is 11.3 Å². The van der Waals surface area contributed by atoms with Crippen LogP contribution in [0.25, 0.3) is 11.3 Å². The van der Waals surface area contributed by atoms with Gasteiger partial charge in [0.2, 0.25) is 12.7 Å². The summed E-state index contributed by atoms with van der Waals surface area (Å²) in [6, 6.07) is 21.0. The number of hydrogen-bond donors (Lipinski definition) is 1. The maximum Gasteiger partial charge on any atom is 0.231 e. The van der Waals surface area contributed by atoms with Crippen molar-refractivity contribution < 1.29 is 14.3 Å². The third-order valence-electron chi connectivity index (χ3n) is 6.68. The molecule has 2 aliphatic heterocycles. The van der Waals surface area contributed by atoms with E-state index in [0.717, 1.165) is 41.2 Å². The first kappa shape index (κ1) is 22.6. The van der Waals surface area contributed by atoms with Crippen molar-refractivity contribution in [1.82, 2.24) is 4.98 Å². The van der Waals surface area contributed by atoms with Gasteiger partial charge in [0.1, 0.15) is 0 Å². The lowest BCUT2D eigenvalue weighted by molar-refractivity contribution is -0.115. The van der Waals surface area contributed by atoms with Gasteiger partial charge in [-0.05, 0) is 61.2 Å². The highest BCUT2D eigenvalue weighted by atomic mass is 32.1. The molecule has 2 aliphatic rings. The molecule has 1 amide bonds. The van der Waals surface area contributed by atoms with Gasteiger partial charge >= 0.3 is 0 Å². The third-order valence-corrected chi connectivity index (χ3v) is 7.57. The fourth-order valence-electron chi connectivity index (χ4n) is 4.81. The molecule has 6 rings (SSSR count). The summed E-state index contributed by atoms with van der Waals surface area (Å²) in [4.78, 5) is 21.0. The molecule has 0 saturated carbocycles. The van der Waals surface area contributed by atoms with E-state index in [0.29, 0.717) is 16.6 Å². The molecule has 6 nitrogen and oxygen atoms in total. The van der Waals surface area contributed by atoms with Crippen molar-refractivity contribution in [2.24, 2.45) is 0 Å². The number of thiazole rings is 1. The number of carbonyl (C=O) groups is 1. The van der Waals surface area contributed by atoms with E-state index in [1.165, 1.54) is 33.7 Å². The predicted octanol–water partition coefficient (Wildman–Crippen LogP) is 5.90. The minimum absolute atomic E-state index is 0.102. The summed E-state index contributed by atoms with van der Waals surface area (Å²) in [6.45, 7) is 6.33. The predicted molar refractivity (Wildman–Crippen MR) is 143 cm³/mol. The maximum atomic E-state index is 12.7. The SMILES string of the molecule is Cc1ccc(CN2CCc3cc(-c4nc(NC(=O)Cc5ccc6c(c5)OCO6)sc4C)ccc32)cc1. The molecule has 0 atom stereocenters. The van der Waals surface area contributed by atoms with Crippen LogP contribution in [0.5, 0.6) is 11.5 Å². The number of nitrogens with zero attached hydrogens (tertiary/aromatic N) is 2. The first-order chi connectivity index (χ1) is 17.5. The average molecular weight is 498 g/mol. The lowest BCUT2D eigenvalue weighted by atomic mass is 10.1. The van der Waals surface area contributed by atoms with Crippen LogP contribution in [0.15, 0.2) is 60.7 Å². The van der Waals surface area contributed by atoms with E-state index in [9.17, 15) is 4.79 Å². The molecular weight excluding hydrogens is 470 g/mol. The van der Waals surface area contributed by atoms with E-state index in [2.05, 4.69) is 66.5 Å². The molecule has 0 unspecified atom stereocenters. The number of ether oxygens (including phenoxy) is 2. The zero-order chi connectivity index (χ0) is 24.6. The van der Waals surface area contributed by atoms with Gasteiger partial charge in [-0.25, -0.2) is 4.98 Å². The van der Waals surface area contributed by atoms with Gasteiger partial charge in [0.15, 0.2) is 16.6 Å². The Morgan fingerprint density at radius 2 is 1.81 bits per heavy atom. The highest BCUT2D eigenvalue weighted by Crippen LogP contribution is 2.37. The molecule has 7 heteroatoms. The monoisotopic (exact) mass is 497 g/mol. The van der Waals surface area contributed by atoms with Gasteiger partial charge in [0, 0.05) is 29.2 Å². The summed E-state index contributed by atoms with van der Waals surface area (Å²) >= 11 is 1.51. The van der Waals surface area contributed by atoms with Crippen molar-refractivity contribution in [1.29, 1.82) is 0 Å². The van der Waals surface area contributed by atoms with Crippen LogP contribution in [0.4, 0.5) is 10.8 Å². The summed E-state index contributed by atoms with van der Waals surface area (Å²) in [6.07, 6.45) is 1.28. The Bertz CT molecular complexity index is 1440. The summed E-state index contributed by atoms with van der Waals surface area (Å²) in [5.41, 5.74) is 8.15. The van der Waals surface area contributed by atoms with E-state index >= 15 is 0 Å². The minimum atomic E-state index is -0.102. The molecule has 0 radical (unpaired) electrons. The van der Waals surface area contributed by atoms with Crippen LogP contribution in [0.3, 0.4) is 0 Å². The Balaban J connectivity index is 1.14. The average Bonchev–Trinajstić information content (AvgIpc) is 3.58. The smallest absolute Gasteiger partial charge is 0.231 e. The minimum Gasteiger partial charge on any atom is -0.454 e. The number of rotatable bonds is 6. The maximum absolute atomic E-state index is 12.7. The van der Waals surface area contributed by atoms with Crippen LogP contribution in [0.1, 0.15) is 27.1 Å². The van der Waals surface area contributed by atoms with E-state index < -0.39 is 0 Å². The van der Waals surface area contributed by atoms with Crippen molar-refractivity contribution in [3.8, 4) is 22.8 Å². The number of hydrogen-bond acceptors (Lipinski definition) is 6. The van der Waals surface area contributed by atoms with Gasteiger partial charge in [-0.3, -0.25) is 4.79 Å². The van der Waals surface area contributed by atoms with Gasteiger partial charge in [0.05, 0.1) is 12.1 Å². The second kappa shape index (κ2) is 9.32. The second-order valence-electron chi connectivity index (χ2n) is 9.34. The molecular formula is C29H27N3O3S. The number of carbonyl (C=O) groups excluding carboxylic acids is 1. The van der Waals surface area contributed by atoms with Gasteiger partial charge in [0.25, 0.3) is 0 Å². The van der Waals surface area contributed by atoms with Gasteiger partial charge < -0.3 is 19.7 Å². The Morgan fingerprint density at radius 1 is 1.00 bits per heavy atom. The fourth-order valence-corrected chi connectivity index (χ4v) is 5.66. The number of benzene rings is 3. The standard InChI is InChI=1S/C29H27N3O3S/c1-18-3-5-20(6-4-18)16-32-12-11-22-15-23(8-9-24(22)32)28-19(2)36-29(31-28)30-27(33)14-21-7-10-25-26(13-21)35-17-34-25/h3-10,13,15H,11-12,14,16-17H2,1-2H3,(H,30,31,33). The molecule has 0 aliphatic carbocycles. The number of amides is 1. The van der Waals surface area contributed by atoms with Crippen molar-refractivity contribution in [3.63, 3.8) is 0 Å². The normalized spacial score (nSPS) is 13.7. The number of fused-ring (bicyclic) bond motifs is 2. The molecule has 3 aromatic carbocycles. The van der Waals surface area contributed by atoms with Crippen LogP contribution in [0, 0.1) is 13.8 Å². The van der Waals surface area contributed by atoms with Crippen molar-refractivity contribution in [2.45, 2.75) is 33.2 Å². The largest absolute Gasteiger partial charge is 0.454 e. The Kier molecular flexibility index (Phi) is 5.85. The molecule has 4 aromatic rings. The number of aromatic nitrogens is 1. The highest BCUT2D eigenvalue weighted by Gasteiger charge is 2.21. The van der Waals surface area contributed by atoms with Crippen LogP contribution >= 0.6 is 11.3 Å². The van der Waals surface area contributed by atoms with Crippen molar-refractivity contribution in [2.75, 3.05) is 23.6 Å². The molecule has 36 heavy (non-hydrogen) atoms. The highest BCUT2D eigenvalue weighted by molar-refractivity contribution is 7.16. The van der Waals surface area contributed by atoms with Crippen LogP contribution in [0.2, 0.25) is 0 Å².